The minimum Gasteiger partial charge on any atom is -0.352 e. The molecule has 1 aliphatic carbocycles. The summed E-state index contributed by atoms with van der Waals surface area (Å²) in [5.74, 6) is 0.445. The minimum atomic E-state index is 0.0328. The Balaban J connectivity index is 2.00. The molecule has 0 saturated carbocycles. The van der Waals surface area contributed by atoms with Crippen LogP contribution in [0.5, 0.6) is 0 Å². The van der Waals surface area contributed by atoms with Gasteiger partial charge in [-0.25, -0.2) is 0 Å². The molecule has 0 heterocycles. The summed E-state index contributed by atoms with van der Waals surface area (Å²) in [7, 11) is 0. The van der Waals surface area contributed by atoms with E-state index in [4.69, 9.17) is 0 Å². The van der Waals surface area contributed by atoms with E-state index in [0.29, 0.717) is 5.92 Å². The van der Waals surface area contributed by atoms with Gasteiger partial charge in [0.1, 0.15) is 0 Å². The van der Waals surface area contributed by atoms with Crippen LogP contribution < -0.4 is 5.32 Å². The van der Waals surface area contributed by atoms with Gasteiger partial charge in [0.15, 0.2) is 0 Å². The Morgan fingerprint density at radius 3 is 2.57 bits per heavy atom. The van der Waals surface area contributed by atoms with Crippen LogP contribution in [0, 0.1) is 0 Å². The number of hydrogen-bond acceptors (Lipinski definition) is 1. The van der Waals surface area contributed by atoms with Gasteiger partial charge in [0, 0.05) is 18.0 Å². The van der Waals surface area contributed by atoms with Crippen LogP contribution in [0.25, 0.3) is 11.1 Å². The van der Waals surface area contributed by atoms with Gasteiger partial charge in [-0.2, -0.15) is 0 Å². The molecule has 1 amide bonds. The number of benzene rings is 2. The number of carbonyl (C=O) groups excluding carboxylic acids is 1. The quantitative estimate of drug-likeness (QED) is 0.885. The lowest BCUT2D eigenvalue weighted by Crippen LogP contribution is -2.24. The summed E-state index contributed by atoms with van der Waals surface area (Å²) in [4.78, 5) is 12.2. The van der Waals surface area contributed by atoms with E-state index in [2.05, 4.69) is 55.6 Å². The Kier molecular flexibility index (Phi) is 3.78. The van der Waals surface area contributed by atoms with Crippen molar-refractivity contribution in [1.29, 1.82) is 0 Å². The summed E-state index contributed by atoms with van der Waals surface area (Å²) < 4.78 is 0. The minimum absolute atomic E-state index is 0.0328. The smallest absolute Gasteiger partial charge is 0.251 e. The molecule has 1 N–H and O–H groups in total. The molecule has 0 saturated heterocycles. The molecule has 2 heteroatoms. The molecule has 0 bridgehead atoms. The third-order valence-electron chi connectivity index (χ3n) is 4.26. The number of nitrogens with one attached hydrogen (secondary N) is 1. The molecule has 21 heavy (non-hydrogen) atoms. The standard InChI is InChI=1S/C19H21NO/c1-3-11-20-19(21)13-9-10-17-16-8-6-5-7-15(16)14(4-2)18(17)12-13/h5-10,12,14H,3-4,11H2,1-2H3,(H,20,21). The molecule has 0 aromatic heterocycles. The lowest BCUT2D eigenvalue weighted by atomic mass is 9.93. The topological polar surface area (TPSA) is 29.1 Å². The van der Waals surface area contributed by atoms with Gasteiger partial charge in [-0.15, -0.1) is 0 Å². The van der Waals surface area contributed by atoms with E-state index in [0.717, 1.165) is 24.9 Å². The monoisotopic (exact) mass is 279 g/mol. The molecule has 0 radical (unpaired) electrons. The first kappa shape index (κ1) is 13.9. The molecule has 3 rings (SSSR count). The first-order valence-electron chi connectivity index (χ1n) is 7.77. The predicted molar refractivity (Wildman–Crippen MR) is 86.6 cm³/mol. The summed E-state index contributed by atoms with van der Waals surface area (Å²) >= 11 is 0. The summed E-state index contributed by atoms with van der Waals surface area (Å²) in [5.41, 5.74) is 6.06. The molecule has 108 valence electrons. The number of rotatable bonds is 4. The van der Waals surface area contributed by atoms with Crippen LogP contribution >= 0.6 is 0 Å². The highest BCUT2D eigenvalue weighted by molar-refractivity contribution is 5.96. The van der Waals surface area contributed by atoms with Crippen molar-refractivity contribution in [2.24, 2.45) is 0 Å². The van der Waals surface area contributed by atoms with Crippen LogP contribution in [0.3, 0.4) is 0 Å². The van der Waals surface area contributed by atoms with E-state index in [1.54, 1.807) is 0 Å². The molecule has 1 unspecified atom stereocenters. The second-order valence-electron chi connectivity index (χ2n) is 5.61. The van der Waals surface area contributed by atoms with E-state index >= 15 is 0 Å². The maximum atomic E-state index is 12.2. The lowest BCUT2D eigenvalue weighted by molar-refractivity contribution is 0.0953. The van der Waals surface area contributed by atoms with E-state index in [1.165, 1.54) is 22.3 Å². The SMILES string of the molecule is CCCNC(=O)c1ccc2c(c1)C(CC)c1ccccc1-2. The van der Waals surface area contributed by atoms with E-state index in [1.807, 2.05) is 6.07 Å². The normalized spacial score (nSPS) is 15.4. The zero-order valence-corrected chi connectivity index (χ0v) is 12.6. The van der Waals surface area contributed by atoms with E-state index in [9.17, 15) is 4.79 Å². The Bertz CT molecular complexity index is 675. The van der Waals surface area contributed by atoms with E-state index < -0.39 is 0 Å². The molecule has 1 aliphatic rings. The van der Waals surface area contributed by atoms with Crippen molar-refractivity contribution < 1.29 is 4.79 Å². The van der Waals surface area contributed by atoms with Gasteiger partial charge in [0.2, 0.25) is 0 Å². The van der Waals surface area contributed by atoms with Crippen molar-refractivity contribution in [3.8, 4) is 11.1 Å². The molecule has 2 aromatic carbocycles. The molecule has 1 atom stereocenters. The number of amides is 1. The fourth-order valence-electron chi connectivity index (χ4n) is 3.23. The van der Waals surface area contributed by atoms with Crippen molar-refractivity contribution in [3.63, 3.8) is 0 Å². The maximum Gasteiger partial charge on any atom is 0.251 e. The third kappa shape index (κ3) is 2.35. The van der Waals surface area contributed by atoms with Crippen molar-refractivity contribution in [2.75, 3.05) is 6.54 Å². The Morgan fingerprint density at radius 2 is 1.81 bits per heavy atom. The average molecular weight is 279 g/mol. The Labute approximate surface area is 126 Å². The van der Waals surface area contributed by atoms with E-state index in [-0.39, 0.29) is 5.91 Å². The van der Waals surface area contributed by atoms with Gasteiger partial charge in [-0.1, -0.05) is 44.2 Å². The number of carbonyl (C=O) groups is 1. The lowest BCUT2D eigenvalue weighted by Gasteiger charge is -2.11. The number of hydrogen-bond donors (Lipinski definition) is 1. The zero-order chi connectivity index (χ0) is 14.8. The molecule has 0 fully saturated rings. The first-order chi connectivity index (χ1) is 10.3. The average Bonchev–Trinajstić information content (AvgIpc) is 2.85. The summed E-state index contributed by atoms with van der Waals surface area (Å²) in [6.07, 6.45) is 2.02. The second-order valence-corrected chi connectivity index (χ2v) is 5.61. The van der Waals surface area contributed by atoms with Crippen molar-refractivity contribution in [1.82, 2.24) is 5.32 Å². The van der Waals surface area contributed by atoms with Crippen LogP contribution in [0.1, 0.15) is 54.1 Å². The van der Waals surface area contributed by atoms with Gasteiger partial charge in [-0.3, -0.25) is 4.79 Å². The van der Waals surface area contributed by atoms with Crippen molar-refractivity contribution >= 4 is 5.91 Å². The Hall–Kier alpha value is -2.09. The largest absolute Gasteiger partial charge is 0.352 e. The summed E-state index contributed by atoms with van der Waals surface area (Å²) in [5, 5.41) is 2.95. The van der Waals surface area contributed by atoms with Gasteiger partial charge in [0.05, 0.1) is 0 Å². The fraction of sp³-hybridized carbons (Fsp3) is 0.316. The Morgan fingerprint density at radius 1 is 1.05 bits per heavy atom. The summed E-state index contributed by atoms with van der Waals surface area (Å²) in [6, 6.07) is 14.7. The molecular formula is C19H21NO. The molecule has 2 nitrogen and oxygen atoms in total. The third-order valence-corrected chi connectivity index (χ3v) is 4.26. The molecule has 0 spiro atoms. The van der Waals surface area contributed by atoms with Crippen LogP contribution in [0.2, 0.25) is 0 Å². The zero-order valence-electron chi connectivity index (χ0n) is 12.6. The second kappa shape index (κ2) is 5.72. The predicted octanol–water partition coefficient (Wildman–Crippen LogP) is 4.35. The molecule has 2 aromatic rings. The maximum absolute atomic E-state index is 12.2. The highest BCUT2D eigenvalue weighted by Gasteiger charge is 2.27. The van der Waals surface area contributed by atoms with Crippen LogP contribution in [0.15, 0.2) is 42.5 Å². The van der Waals surface area contributed by atoms with Gasteiger partial charge < -0.3 is 5.32 Å². The van der Waals surface area contributed by atoms with Gasteiger partial charge >= 0.3 is 0 Å². The fourth-order valence-corrected chi connectivity index (χ4v) is 3.23. The van der Waals surface area contributed by atoms with Crippen LogP contribution in [-0.2, 0) is 0 Å². The highest BCUT2D eigenvalue weighted by atomic mass is 16.1. The number of fused-ring (bicyclic) bond motifs is 3. The van der Waals surface area contributed by atoms with Gasteiger partial charge in [0.25, 0.3) is 5.91 Å². The molecular weight excluding hydrogens is 258 g/mol. The molecule has 0 aliphatic heterocycles. The highest BCUT2D eigenvalue weighted by Crippen LogP contribution is 2.46. The van der Waals surface area contributed by atoms with Crippen LogP contribution in [-0.4, -0.2) is 12.5 Å². The van der Waals surface area contributed by atoms with Crippen molar-refractivity contribution in [3.05, 3.63) is 59.2 Å². The van der Waals surface area contributed by atoms with Crippen LogP contribution in [0.4, 0.5) is 0 Å². The van der Waals surface area contributed by atoms with Gasteiger partial charge in [-0.05, 0) is 47.2 Å². The van der Waals surface area contributed by atoms with Crippen molar-refractivity contribution in [2.45, 2.75) is 32.6 Å². The summed E-state index contributed by atoms with van der Waals surface area (Å²) in [6.45, 7) is 5.00. The first-order valence-corrected chi connectivity index (χ1v) is 7.77.